The molecule has 0 atom stereocenters. The second-order valence-corrected chi connectivity index (χ2v) is 16.5. The molecular formula is C57H40N2. The van der Waals surface area contributed by atoms with E-state index in [9.17, 15) is 0 Å². The molecule has 0 fully saturated rings. The van der Waals surface area contributed by atoms with Crippen LogP contribution < -0.4 is 0 Å². The Labute approximate surface area is 343 Å². The SMILES string of the molecule is CC1(C)c2ccccc2-c2ccc3c(c21)c1cc(-c2ccc4c(c2)c2ccccc2n4-c2ccc(-c4ccccc4)cc2)ccc1n3-c1ccc(-c2ccccc2)cc1. The Balaban J connectivity index is 1.05. The molecule has 0 saturated carbocycles. The predicted octanol–water partition coefficient (Wildman–Crippen LogP) is 15.2. The maximum Gasteiger partial charge on any atom is 0.0544 e. The predicted molar refractivity (Wildman–Crippen MR) is 249 cm³/mol. The molecule has 9 aromatic carbocycles. The zero-order chi connectivity index (χ0) is 39.2. The van der Waals surface area contributed by atoms with Gasteiger partial charge < -0.3 is 9.13 Å². The zero-order valence-corrected chi connectivity index (χ0v) is 33.0. The minimum absolute atomic E-state index is 0.155. The molecule has 0 spiro atoms. The Morgan fingerprint density at radius 1 is 0.322 bits per heavy atom. The molecule has 0 unspecified atom stereocenters. The van der Waals surface area contributed by atoms with E-state index in [1.807, 2.05) is 0 Å². The van der Waals surface area contributed by atoms with Crippen LogP contribution in [0.5, 0.6) is 0 Å². The minimum atomic E-state index is -0.155. The summed E-state index contributed by atoms with van der Waals surface area (Å²) in [5, 5.41) is 5.13. The number of fused-ring (bicyclic) bond motifs is 10. The number of benzene rings is 9. The van der Waals surface area contributed by atoms with Gasteiger partial charge in [0.25, 0.3) is 0 Å². The average Bonchev–Trinajstić information content (AvgIpc) is 3.89. The summed E-state index contributed by atoms with van der Waals surface area (Å²) >= 11 is 0. The fourth-order valence-corrected chi connectivity index (χ4v) is 10.1. The minimum Gasteiger partial charge on any atom is -0.309 e. The molecule has 0 radical (unpaired) electrons. The van der Waals surface area contributed by atoms with Gasteiger partial charge in [-0.05, 0) is 116 Å². The van der Waals surface area contributed by atoms with Gasteiger partial charge in [0.15, 0.2) is 0 Å². The van der Waals surface area contributed by atoms with Crippen LogP contribution in [-0.2, 0) is 5.41 Å². The topological polar surface area (TPSA) is 9.86 Å². The van der Waals surface area contributed by atoms with E-state index in [0.29, 0.717) is 0 Å². The van der Waals surface area contributed by atoms with E-state index in [4.69, 9.17) is 0 Å². The van der Waals surface area contributed by atoms with Crippen molar-refractivity contribution in [3.8, 4) is 55.9 Å². The van der Waals surface area contributed by atoms with Crippen molar-refractivity contribution < 1.29 is 0 Å². The molecule has 2 heteroatoms. The van der Waals surface area contributed by atoms with Crippen LogP contribution in [0.2, 0.25) is 0 Å². The Morgan fingerprint density at radius 2 is 0.780 bits per heavy atom. The summed E-state index contributed by atoms with van der Waals surface area (Å²) in [7, 11) is 0. The van der Waals surface area contributed by atoms with E-state index in [1.54, 1.807) is 0 Å². The maximum atomic E-state index is 2.47. The molecule has 0 saturated heterocycles. The first-order valence-corrected chi connectivity index (χ1v) is 20.6. The highest BCUT2D eigenvalue weighted by Gasteiger charge is 2.38. The van der Waals surface area contributed by atoms with Crippen LogP contribution in [0.4, 0.5) is 0 Å². The molecule has 1 aliphatic rings. The summed E-state index contributed by atoms with van der Waals surface area (Å²) in [4.78, 5) is 0. The highest BCUT2D eigenvalue weighted by atomic mass is 15.0. The number of rotatable bonds is 5. The lowest BCUT2D eigenvalue weighted by Crippen LogP contribution is -2.15. The molecule has 59 heavy (non-hydrogen) atoms. The number of aromatic nitrogens is 2. The molecule has 0 N–H and O–H groups in total. The van der Waals surface area contributed by atoms with Crippen LogP contribution in [-0.4, -0.2) is 9.13 Å². The highest BCUT2D eigenvalue weighted by Crippen LogP contribution is 2.53. The molecule has 0 bridgehead atoms. The molecule has 2 nitrogen and oxygen atoms in total. The third-order valence-corrected chi connectivity index (χ3v) is 12.9. The van der Waals surface area contributed by atoms with Crippen molar-refractivity contribution in [2.24, 2.45) is 0 Å². The van der Waals surface area contributed by atoms with E-state index in [0.717, 1.165) is 11.4 Å². The number of nitrogens with zero attached hydrogens (tertiary/aromatic N) is 2. The van der Waals surface area contributed by atoms with Crippen LogP contribution in [0.1, 0.15) is 25.0 Å². The van der Waals surface area contributed by atoms with Crippen molar-refractivity contribution in [2.45, 2.75) is 19.3 Å². The third-order valence-electron chi connectivity index (χ3n) is 12.9. The van der Waals surface area contributed by atoms with E-state index in [1.165, 1.54) is 99.2 Å². The van der Waals surface area contributed by atoms with Crippen LogP contribution in [0, 0.1) is 0 Å². The fraction of sp³-hybridized carbons (Fsp3) is 0.0526. The summed E-state index contributed by atoms with van der Waals surface area (Å²) < 4.78 is 4.88. The van der Waals surface area contributed by atoms with Crippen molar-refractivity contribution >= 4 is 43.6 Å². The molecule has 2 heterocycles. The summed E-state index contributed by atoms with van der Waals surface area (Å²) in [6.07, 6.45) is 0. The molecule has 0 aliphatic heterocycles. The van der Waals surface area contributed by atoms with E-state index < -0.39 is 0 Å². The summed E-state index contributed by atoms with van der Waals surface area (Å²) in [5.74, 6) is 0. The van der Waals surface area contributed by atoms with Gasteiger partial charge in [-0.25, -0.2) is 0 Å². The van der Waals surface area contributed by atoms with Crippen LogP contribution in [0.3, 0.4) is 0 Å². The lowest BCUT2D eigenvalue weighted by Gasteiger charge is -2.22. The van der Waals surface area contributed by atoms with Crippen LogP contribution in [0.15, 0.2) is 206 Å². The molecule has 0 amide bonds. The first-order valence-electron chi connectivity index (χ1n) is 20.6. The van der Waals surface area contributed by atoms with Gasteiger partial charge in [0, 0.05) is 38.3 Å². The average molecular weight is 753 g/mol. The molecule has 12 rings (SSSR count). The van der Waals surface area contributed by atoms with Gasteiger partial charge in [0.1, 0.15) is 0 Å². The van der Waals surface area contributed by atoms with E-state index >= 15 is 0 Å². The third kappa shape index (κ3) is 5.06. The van der Waals surface area contributed by atoms with Crippen molar-refractivity contribution in [3.63, 3.8) is 0 Å². The number of hydrogen-bond acceptors (Lipinski definition) is 0. The largest absolute Gasteiger partial charge is 0.309 e. The normalized spacial score (nSPS) is 13.1. The van der Waals surface area contributed by atoms with Crippen LogP contribution >= 0.6 is 0 Å². The van der Waals surface area contributed by atoms with Gasteiger partial charge in [-0.1, -0.05) is 159 Å². The molecule has 278 valence electrons. The number of para-hydroxylation sites is 1. The van der Waals surface area contributed by atoms with Gasteiger partial charge in [-0.2, -0.15) is 0 Å². The monoisotopic (exact) mass is 752 g/mol. The molecular weight excluding hydrogens is 713 g/mol. The second-order valence-electron chi connectivity index (χ2n) is 16.5. The maximum absolute atomic E-state index is 2.47. The van der Waals surface area contributed by atoms with Gasteiger partial charge in [-0.3, -0.25) is 0 Å². The van der Waals surface area contributed by atoms with Crippen molar-refractivity contribution in [1.29, 1.82) is 0 Å². The number of hydrogen-bond donors (Lipinski definition) is 0. The Hall–Kier alpha value is -7.42. The second kappa shape index (κ2) is 12.8. The van der Waals surface area contributed by atoms with Gasteiger partial charge in [0.2, 0.25) is 0 Å². The first-order chi connectivity index (χ1) is 29.0. The lowest BCUT2D eigenvalue weighted by atomic mass is 9.80. The lowest BCUT2D eigenvalue weighted by molar-refractivity contribution is 0.666. The first kappa shape index (κ1) is 33.7. The highest BCUT2D eigenvalue weighted by molar-refractivity contribution is 6.16. The van der Waals surface area contributed by atoms with Crippen molar-refractivity contribution in [1.82, 2.24) is 9.13 Å². The van der Waals surface area contributed by atoms with E-state index in [-0.39, 0.29) is 5.41 Å². The van der Waals surface area contributed by atoms with Gasteiger partial charge >= 0.3 is 0 Å². The van der Waals surface area contributed by atoms with Crippen LogP contribution in [0.25, 0.3) is 99.5 Å². The smallest absolute Gasteiger partial charge is 0.0544 e. The zero-order valence-electron chi connectivity index (χ0n) is 33.0. The molecule has 11 aromatic rings. The van der Waals surface area contributed by atoms with Crippen molar-refractivity contribution in [2.75, 3.05) is 0 Å². The quantitative estimate of drug-likeness (QED) is 0.166. The fourth-order valence-electron chi connectivity index (χ4n) is 10.1. The molecule has 2 aromatic heterocycles. The Bertz CT molecular complexity index is 3420. The van der Waals surface area contributed by atoms with Gasteiger partial charge in [-0.15, -0.1) is 0 Å². The summed E-state index contributed by atoms with van der Waals surface area (Å²) in [5.41, 5.74) is 19.8. The summed E-state index contributed by atoms with van der Waals surface area (Å²) in [6, 6.07) is 75.9. The van der Waals surface area contributed by atoms with E-state index in [2.05, 4.69) is 229 Å². The standard InChI is InChI=1S/C57H40N2/c1-57(2)50-19-11-9-17-45(50)47-31-34-54-55(56(47)57)49-36-42(26-33-53(49)59(54)44-29-23-40(24-30-44)38-15-7-4-8-16-38)41-25-32-52-48(35-41)46-18-10-12-20-51(46)58(52)43-27-21-39(22-28-43)37-13-5-3-6-14-37/h3-36H,1-2H3. The summed E-state index contributed by atoms with van der Waals surface area (Å²) in [6.45, 7) is 4.80. The van der Waals surface area contributed by atoms with Crippen molar-refractivity contribution in [3.05, 3.63) is 217 Å². The Morgan fingerprint density at radius 3 is 1.42 bits per heavy atom. The Kier molecular flexibility index (Phi) is 7.31. The molecule has 1 aliphatic carbocycles. The van der Waals surface area contributed by atoms with Gasteiger partial charge in [0.05, 0.1) is 22.1 Å².